The van der Waals surface area contributed by atoms with Gasteiger partial charge in [0.25, 0.3) is 5.91 Å². The van der Waals surface area contributed by atoms with Gasteiger partial charge < -0.3 is 5.32 Å². The summed E-state index contributed by atoms with van der Waals surface area (Å²) in [6, 6.07) is 8.10. The summed E-state index contributed by atoms with van der Waals surface area (Å²) >= 11 is 1.70. The molecule has 0 radical (unpaired) electrons. The van der Waals surface area contributed by atoms with E-state index in [-0.39, 0.29) is 5.91 Å². The van der Waals surface area contributed by atoms with Crippen LogP contribution in [0, 0.1) is 20.8 Å². The van der Waals surface area contributed by atoms with Gasteiger partial charge in [-0.25, -0.2) is 4.98 Å². The first-order chi connectivity index (χ1) is 12.0. The van der Waals surface area contributed by atoms with Crippen molar-refractivity contribution >= 4 is 34.7 Å². The Kier molecular flexibility index (Phi) is 3.73. The summed E-state index contributed by atoms with van der Waals surface area (Å²) in [7, 11) is 0. The minimum absolute atomic E-state index is 0.0979. The van der Waals surface area contributed by atoms with Crippen LogP contribution >= 0.6 is 11.3 Å². The topological polar surface area (TPSA) is 54.9 Å². The molecule has 0 atom stereocenters. The number of fused-ring (bicyclic) bond motifs is 1. The van der Waals surface area contributed by atoms with Crippen LogP contribution in [0.25, 0.3) is 22.8 Å². The largest absolute Gasteiger partial charge is 0.306 e. The first-order valence-corrected chi connectivity index (χ1v) is 8.87. The fourth-order valence-electron chi connectivity index (χ4n) is 3.10. The molecule has 4 nitrogen and oxygen atoms in total. The Hall–Kier alpha value is -2.79. The number of hydrogen-bond acceptors (Lipinski definition) is 4. The van der Waals surface area contributed by atoms with Crippen LogP contribution in [0.5, 0.6) is 0 Å². The summed E-state index contributed by atoms with van der Waals surface area (Å²) in [5, 5.41) is 2.89. The molecule has 4 rings (SSSR count). The number of aryl methyl sites for hydroxylation is 3. The van der Waals surface area contributed by atoms with E-state index in [0.29, 0.717) is 11.4 Å². The fraction of sp³-hybridized carbons (Fsp3) is 0.150. The standard InChI is InChI=1S/C20H17N3OS/c1-11-8-12(2)25-18(11)10-17-16-9-15(14-4-6-21-7-5-14)13(3)22-19(16)23-20(17)24/h4-10H,1-3H3,(H,22,23,24). The van der Waals surface area contributed by atoms with E-state index < -0.39 is 0 Å². The zero-order valence-electron chi connectivity index (χ0n) is 14.3. The van der Waals surface area contributed by atoms with Gasteiger partial charge in [0.2, 0.25) is 0 Å². The lowest BCUT2D eigenvalue weighted by Gasteiger charge is -2.08. The third kappa shape index (κ3) is 2.76. The number of hydrogen-bond donors (Lipinski definition) is 1. The third-order valence-electron chi connectivity index (χ3n) is 4.33. The highest BCUT2D eigenvalue weighted by molar-refractivity contribution is 7.13. The van der Waals surface area contributed by atoms with Crippen molar-refractivity contribution in [1.29, 1.82) is 0 Å². The smallest absolute Gasteiger partial charge is 0.257 e. The molecule has 0 fully saturated rings. The van der Waals surface area contributed by atoms with E-state index >= 15 is 0 Å². The van der Waals surface area contributed by atoms with Crippen molar-refractivity contribution in [1.82, 2.24) is 9.97 Å². The third-order valence-corrected chi connectivity index (χ3v) is 5.43. The van der Waals surface area contributed by atoms with Crippen molar-refractivity contribution in [2.24, 2.45) is 0 Å². The van der Waals surface area contributed by atoms with Gasteiger partial charge >= 0.3 is 0 Å². The van der Waals surface area contributed by atoms with Gasteiger partial charge in [-0.05, 0) is 62.2 Å². The maximum Gasteiger partial charge on any atom is 0.257 e. The normalized spacial score (nSPS) is 14.7. The predicted octanol–water partition coefficient (Wildman–Crippen LogP) is 4.62. The second-order valence-electron chi connectivity index (χ2n) is 6.17. The first-order valence-electron chi connectivity index (χ1n) is 8.05. The molecule has 25 heavy (non-hydrogen) atoms. The van der Waals surface area contributed by atoms with E-state index in [1.807, 2.05) is 31.2 Å². The summed E-state index contributed by atoms with van der Waals surface area (Å²) in [5.74, 6) is 0.539. The van der Waals surface area contributed by atoms with E-state index in [4.69, 9.17) is 0 Å². The predicted molar refractivity (Wildman–Crippen MR) is 102 cm³/mol. The van der Waals surface area contributed by atoms with Gasteiger partial charge in [0, 0.05) is 39.0 Å². The number of amides is 1. The number of aromatic nitrogens is 2. The van der Waals surface area contributed by atoms with Crippen molar-refractivity contribution in [2.45, 2.75) is 20.8 Å². The highest BCUT2D eigenvalue weighted by atomic mass is 32.1. The van der Waals surface area contributed by atoms with Crippen LogP contribution in [-0.4, -0.2) is 15.9 Å². The number of nitrogens with zero attached hydrogens (tertiary/aromatic N) is 2. The highest BCUT2D eigenvalue weighted by Crippen LogP contribution is 2.37. The number of pyridine rings is 2. The minimum Gasteiger partial charge on any atom is -0.306 e. The van der Waals surface area contributed by atoms with Gasteiger partial charge in [0.15, 0.2) is 0 Å². The van der Waals surface area contributed by atoms with E-state index in [1.54, 1.807) is 23.7 Å². The molecular weight excluding hydrogens is 330 g/mol. The average Bonchev–Trinajstić information content (AvgIpc) is 3.06. The van der Waals surface area contributed by atoms with Gasteiger partial charge in [0.05, 0.1) is 5.57 Å². The minimum atomic E-state index is -0.0979. The molecule has 124 valence electrons. The monoisotopic (exact) mass is 347 g/mol. The molecule has 0 aromatic carbocycles. The Bertz CT molecular complexity index is 1020. The average molecular weight is 347 g/mol. The molecule has 1 aliphatic rings. The number of nitrogens with one attached hydrogen (secondary N) is 1. The molecule has 0 aliphatic carbocycles. The van der Waals surface area contributed by atoms with Crippen LogP contribution in [0.3, 0.4) is 0 Å². The second-order valence-corrected chi connectivity index (χ2v) is 7.46. The quantitative estimate of drug-likeness (QED) is 0.688. The van der Waals surface area contributed by atoms with Gasteiger partial charge in [-0.15, -0.1) is 11.3 Å². The van der Waals surface area contributed by atoms with Crippen molar-refractivity contribution in [2.75, 3.05) is 5.32 Å². The molecule has 3 aromatic rings. The Morgan fingerprint density at radius 2 is 1.84 bits per heavy atom. The fourth-order valence-corrected chi connectivity index (χ4v) is 4.08. The zero-order chi connectivity index (χ0) is 17.6. The SMILES string of the molecule is Cc1cc(C)c(C=C2C(=O)Nc3nc(C)c(-c4ccncc4)cc32)s1. The van der Waals surface area contributed by atoms with E-state index in [1.165, 1.54) is 10.4 Å². The molecule has 1 amide bonds. The van der Waals surface area contributed by atoms with Crippen LogP contribution < -0.4 is 5.32 Å². The molecule has 0 saturated carbocycles. The number of rotatable bonds is 2. The molecule has 1 aliphatic heterocycles. The maximum absolute atomic E-state index is 12.5. The van der Waals surface area contributed by atoms with Crippen LogP contribution in [0.2, 0.25) is 0 Å². The second kappa shape index (κ2) is 5.93. The molecule has 0 unspecified atom stereocenters. The summed E-state index contributed by atoms with van der Waals surface area (Å²) in [6.45, 7) is 6.10. The molecule has 1 N–H and O–H groups in total. The molecule has 3 aromatic heterocycles. The van der Waals surface area contributed by atoms with Crippen molar-refractivity contribution in [3.05, 3.63) is 63.2 Å². The van der Waals surface area contributed by atoms with Gasteiger partial charge in [-0.3, -0.25) is 9.78 Å². The summed E-state index contributed by atoms with van der Waals surface area (Å²) in [4.78, 5) is 23.5. The molecule has 0 saturated heterocycles. The lowest BCUT2D eigenvalue weighted by Crippen LogP contribution is -2.04. The number of thiophene rings is 1. The molecule has 5 heteroatoms. The highest BCUT2D eigenvalue weighted by Gasteiger charge is 2.27. The van der Waals surface area contributed by atoms with Crippen molar-refractivity contribution in [3.8, 4) is 11.1 Å². The Labute approximate surface area is 150 Å². The van der Waals surface area contributed by atoms with E-state index in [2.05, 4.69) is 35.2 Å². The Morgan fingerprint density at radius 1 is 1.08 bits per heavy atom. The van der Waals surface area contributed by atoms with Crippen LogP contribution in [0.1, 0.15) is 26.6 Å². The van der Waals surface area contributed by atoms with Crippen LogP contribution in [-0.2, 0) is 4.79 Å². The van der Waals surface area contributed by atoms with E-state index in [0.717, 1.165) is 27.3 Å². The van der Waals surface area contributed by atoms with Crippen LogP contribution in [0.4, 0.5) is 5.82 Å². The molecule has 4 heterocycles. The number of carbonyl (C=O) groups excluding carboxylic acids is 1. The lowest BCUT2D eigenvalue weighted by molar-refractivity contribution is -0.110. The Morgan fingerprint density at radius 3 is 2.52 bits per heavy atom. The zero-order valence-corrected chi connectivity index (χ0v) is 15.1. The van der Waals surface area contributed by atoms with Gasteiger partial charge in [-0.2, -0.15) is 0 Å². The summed E-state index contributed by atoms with van der Waals surface area (Å²) in [6.07, 6.45) is 5.50. The molecular formula is C20H17N3OS. The molecule has 0 spiro atoms. The van der Waals surface area contributed by atoms with Crippen LogP contribution in [0.15, 0.2) is 36.7 Å². The molecule has 0 bridgehead atoms. The van der Waals surface area contributed by atoms with Gasteiger partial charge in [0.1, 0.15) is 5.82 Å². The van der Waals surface area contributed by atoms with E-state index in [9.17, 15) is 4.79 Å². The lowest BCUT2D eigenvalue weighted by atomic mass is 10.00. The maximum atomic E-state index is 12.5. The van der Waals surface area contributed by atoms with Crippen molar-refractivity contribution in [3.63, 3.8) is 0 Å². The number of carbonyl (C=O) groups is 1. The Balaban J connectivity index is 1.87. The van der Waals surface area contributed by atoms with Crippen molar-refractivity contribution < 1.29 is 4.79 Å². The summed E-state index contributed by atoms with van der Waals surface area (Å²) < 4.78 is 0. The van der Waals surface area contributed by atoms with Gasteiger partial charge in [-0.1, -0.05) is 0 Å². The summed E-state index contributed by atoms with van der Waals surface area (Å²) in [5.41, 5.74) is 5.66. The first kappa shape index (κ1) is 15.7. The number of anilines is 1.